The van der Waals surface area contributed by atoms with Crippen molar-refractivity contribution in [2.24, 2.45) is 11.7 Å². The quantitative estimate of drug-likeness (QED) is 0.803. The molecule has 1 fully saturated rings. The lowest BCUT2D eigenvalue weighted by atomic mass is 9.81. The molecule has 0 aliphatic heterocycles. The Hall–Kier alpha value is -1.29. The van der Waals surface area contributed by atoms with Gasteiger partial charge in [-0.1, -0.05) is 37.5 Å². The predicted octanol–water partition coefficient (Wildman–Crippen LogP) is 3.91. The number of halogens is 1. The molecular formula is C18H24ClNO2. The molecule has 1 saturated carbocycles. The van der Waals surface area contributed by atoms with E-state index in [2.05, 4.69) is 0 Å². The second kappa shape index (κ2) is 7.32. The van der Waals surface area contributed by atoms with Crippen LogP contribution in [0, 0.1) is 5.92 Å². The van der Waals surface area contributed by atoms with E-state index in [1.54, 1.807) is 12.1 Å². The third-order valence-electron chi connectivity index (χ3n) is 4.73. The van der Waals surface area contributed by atoms with Gasteiger partial charge in [0.25, 0.3) is 0 Å². The largest absolute Gasteiger partial charge is 0.508 e. The van der Waals surface area contributed by atoms with E-state index in [9.17, 15) is 10.2 Å². The van der Waals surface area contributed by atoms with Gasteiger partial charge in [-0.15, -0.1) is 12.4 Å². The smallest absolute Gasteiger partial charge is 0.116 e. The van der Waals surface area contributed by atoms with E-state index in [0.717, 1.165) is 29.2 Å². The molecule has 2 aromatic carbocycles. The van der Waals surface area contributed by atoms with Gasteiger partial charge in [0.15, 0.2) is 0 Å². The molecule has 0 aromatic heterocycles. The molecular weight excluding hydrogens is 298 g/mol. The number of benzene rings is 2. The Morgan fingerprint density at radius 3 is 2.32 bits per heavy atom. The fourth-order valence-electron chi connectivity index (χ4n) is 3.43. The first-order valence-electron chi connectivity index (χ1n) is 7.81. The summed E-state index contributed by atoms with van der Waals surface area (Å²) in [4.78, 5) is 0. The zero-order valence-electron chi connectivity index (χ0n) is 12.6. The highest BCUT2D eigenvalue weighted by Gasteiger charge is 2.27. The van der Waals surface area contributed by atoms with Crippen LogP contribution in [0.15, 0.2) is 36.4 Å². The zero-order valence-corrected chi connectivity index (χ0v) is 13.4. The molecule has 120 valence electrons. The van der Waals surface area contributed by atoms with Crippen LogP contribution in [-0.4, -0.2) is 16.3 Å². The van der Waals surface area contributed by atoms with Gasteiger partial charge in [-0.3, -0.25) is 0 Å². The molecule has 0 unspecified atom stereocenters. The number of aliphatic hydroxyl groups excluding tert-OH is 1. The topological polar surface area (TPSA) is 66.5 Å². The van der Waals surface area contributed by atoms with Gasteiger partial charge in [-0.2, -0.15) is 0 Å². The van der Waals surface area contributed by atoms with Crippen LogP contribution in [0.25, 0.3) is 10.8 Å². The normalized spacial score (nSPS) is 18.6. The number of hydrogen-bond donors (Lipinski definition) is 3. The van der Waals surface area contributed by atoms with E-state index in [0.29, 0.717) is 5.92 Å². The number of phenols is 1. The minimum Gasteiger partial charge on any atom is -0.508 e. The summed E-state index contributed by atoms with van der Waals surface area (Å²) < 4.78 is 0. The van der Waals surface area contributed by atoms with E-state index in [1.807, 2.05) is 24.3 Å². The van der Waals surface area contributed by atoms with Gasteiger partial charge in [-0.25, -0.2) is 0 Å². The fourth-order valence-corrected chi connectivity index (χ4v) is 3.43. The van der Waals surface area contributed by atoms with Crippen LogP contribution >= 0.6 is 12.4 Å². The van der Waals surface area contributed by atoms with E-state index < -0.39 is 6.10 Å². The second-order valence-corrected chi connectivity index (χ2v) is 6.21. The van der Waals surface area contributed by atoms with E-state index in [4.69, 9.17) is 5.73 Å². The number of fused-ring (bicyclic) bond motifs is 1. The Bertz CT molecular complexity index is 626. The molecule has 0 radical (unpaired) electrons. The monoisotopic (exact) mass is 321 g/mol. The average molecular weight is 322 g/mol. The molecule has 3 rings (SSSR count). The highest BCUT2D eigenvalue weighted by atomic mass is 35.5. The van der Waals surface area contributed by atoms with Crippen molar-refractivity contribution in [1.82, 2.24) is 0 Å². The summed E-state index contributed by atoms with van der Waals surface area (Å²) in [5.74, 6) is 0.589. The summed E-state index contributed by atoms with van der Waals surface area (Å²) in [6.45, 7) is 0. The minimum atomic E-state index is -0.472. The lowest BCUT2D eigenvalue weighted by Crippen LogP contribution is -2.34. The number of aromatic hydroxyl groups is 1. The molecule has 2 atom stereocenters. The van der Waals surface area contributed by atoms with Gasteiger partial charge in [0.05, 0.1) is 12.1 Å². The molecule has 1 aliphatic carbocycles. The van der Waals surface area contributed by atoms with Crippen molar-refractivity contribution in [3.63, 3.8) is 0 Å². The lowest BCUT2D eigenvalue weighted by molar-refractivity contribution is 0.0618. The molecule has 2 aromatic rings. The first-order chi connectivity index (χ1) is 10.1. The number of nitrogens with two attached hydrogens (primary N) is 1. The Balaban J connectivity index is 0.00000176. The highest BCUT2D eigenvalue weighted by Crippen LogP contribution is 2.32. The predicted molar refractivity (Wildman–Crippen MR) is 92.4 cm³/mol. The van der Waals surface area contributed by atoms with Crippen LogP contribution in [0.3, 0.4) is 0 Å². The van der Waals surface area contributed by atoms with Crippen molar-refractivity contribution in [2.45, 2.75) is 44.2 Å². The fraction of sp³-hybridized carbons (Fsp3) is 0.444. The average Bonchev–Trinajstić information content (AvgIpc) is 2.53. The van der Waals surface area contributed by atoms with Crippen molar-refractivity contribution in [2.75, 3.05) is 0 Å². The van der Waals surface area contributed by atoms with Crippen LogP contribution in [-0.2, 0) is 0 Å². The summed E-state index contributed by atoms with van der Waals surface area (Å²) in [6.07, 6.45) is 5.36. The van der Waals surface area contributed by atoms with Crippen LogP contribution in [0.4, 0.5) is 0 Å². The van der Waals surface area contributed by atoms with Gasteiger partial charge >= 0.3 is 0 Å². The Morgan fingerprint density at radius 2 is 1.59 bits per heavy atom. The summed E-state index contributed by atoms with van der Waals surface area (Å²) in [7, 11) is 0. The molecule has 0 spiro atoms. The molecule has 22 heavy (non-hydrogen) atoms. The molecule has 0 heterocycles. The van der Waals surface area contributed by atoms with Gasteiger partial charge < -0.3 is 15.9 Å². The summed E-state index contributed by atoms with van der Waals surface area (Å²) >= 11 is 0. The van der Waals surface area contributed by atoms with Crippen molar-refractivity contribution >= 4 is 23.2 Å². The Morgan fingerprint density at radius 1 is 0.955 bits per heavy atom. The third kappa shape index (κ3) is 3.54. The Kier molecular flexibility index (Phi) is 5.68. The first kappa shape index (κ1) is 17.1. The summed E-state index contributed by atoms with van der Waals surface area (Å²) in [6, 6.07) is 10.9. The molecule has 3 nitrogen and oxygen atoms in total. The SMILES string of the molecule is Cl.N[C@H](c1ccc2cc(O)ccc2c1)[C@@H](O)C1CCCCC1. The molecule has 4 N–H and O–H groups in total. The molecule has 1 aliphatic rings. The highest BCUT2D eigenvalue weighted by molar-refractivity contribution is 5.85. The van der Waals surface area contributed by atoms with Crippen LogP contribution in [0.5, 0.6) is 5.75 Å². The van der Waals surface area contributed by atoms with Crippen LogP contribution < -0.4 is 5.73 Å². The van der Waals surface area contributed by atoms with Gasteiger partial charge in [0.2, 0.25) is 0 Å². The maximum absolute atomic E-state index is 10.5. The van der Waals surface area contributed by atoms with Crippen molar-refractivity contribution in [3.05, 3.63) is 42.0 Å². The lowest BCUT2D eigenvalue weighted by Gasteiger charge is -2.30. The summed E-state index contributed by atoms with van der Waals surface area (Å²) in [5, 5.41) is 22.1. The van der Waals surface area contributed by atoms with Crippen molar-refractivity contribution in [1.29, 1.82) is 0 Å². The molecule has 0 amide bonds. The second-order valence-electron chi connectivity index (χ2n) is 6.21. The maximum atomic E-state index is 10.5. The first-order valence-corrected chi connectivity index (χ1v) is 7.81. The molecule has 4 heteroatoms. The van der Waals surface area contributed by atoms with Crippen molar-refractivity contribution < 1.29 is 10.2 Å². The number of hydrogen-bond acceptors (Lipinski definition) is 3. The maximum Gasteiger partial charge on any atom is 0.116 e. The molecule has 0 bridgehead atoms. The third-order valence-corrected chi connectivity index (χ3v) is 4.73. The van der Waals surface area contributed by atoms with Gasteiger partial charge in [-0.05, 0) is 53.3 Å². The molecule has 0 saturated heterocycles. The minimum absolute atomic E-state index is 0. The van der Waals surface area contributed by atoms with Crippen molar-refractivity contribution in [3.8, 4) is 5.75 Å². The number of phenolic OH excluding ortho intramolecular Hbond substituents is 1. The number of rotatable bonds is 3. The van der Waals surface area contributed by atoms with Crippen LogP contribution in [0.2, 0.25) is 0 Å². The van der Waals surface area contributed by atoms with Gasteiger partial charge in [0, 0.05) is 0 Å². The zero-order chi connectivity index (χ0) is 14.8. The summed E-state index contributed by atoms with van der Waals surface area (Å²) in [5.41, 5.74) is 7.26. The van der Waals surface area contributed by atoms with E-state index >= 15 is 0 Å². The van der Waals surface area contributed by atoms with E-state index in [-0.39, 0.29) is 24.2 Å². The van der Waals surface area contributed by atoms with Gasteiger partial charge in [0.1, 0.15) is 5.75 Å². The van der Waals surface area contributed by atoms with E-state index in [1.165, 1.54) is 19.3 Å². The number of aliphatic hydroxyl groups is 1. The van der Waals surface area contributed by atoms with Crippen LogP contribution in [0.1, 0.15) is 43.7 Å². The standard InChI is InChI=1S/C18H23NO2.ClH/c19-17(18(21)12-4-2-1-3-5-12)15-7-6-14-11-16(20)9-8-13(14)10-15;/h6-12,17-18,20-21H,1-5,19H2;1H/t17-,18+;/m1./s1. The Labute approximate surface area is 137 Å².